The van der Waals surface area contributed by atoms with Crippen molar-refractivity contribution in [2.75, 3.05) is 0 Å². The van der Waals surface area contributed by atoms with E-state index in [0.717, 1.165) is 22.1 Å². The normalized spacial score (nSPS) is 11.6. The Kier molecular flexibility index (Phi) is 7.34. The molecule has 189 valence electrons. The number of fused-ring (bicyclic) bond motifs is 4. The van der Waals surface area contributed by atoms with Gasteiger partial charge in [0.1, 0.15) is 0 Å². The van der Waals surface area contributed by atoms with E-state index in [1.54, 1.807) is 0 Å². The number of hydrogen-bond acceptors (Lipinski definition) is 3. The van der Waals surface area contributed by atoms with E-state index in [-0.39, 0.29) is 31.6 Å². The molecule has 0 bridgehead atoms. The van der Waals surface area contributed by atoms with Crippen LogP contribution in [-0.4, -0.2) is 34.9 Å². The molecule has 4 aromatic carbocycles. The first-order valence-electron chi connectivity index (χ1n) is 12.0. The molecule has 3 heterocycles. The first-order chi connectivity index (χ1) is 18.0. The summed E-state index contributed by atoms with van der Waals surface area (Å²) in [6.45, 7) is 2.85. The average Bonchev–Trinajstić information content (AvgIpc) is 3.22. The van der Waals surface area contributed by atoms with Crippen molar-refractivity contribution in [3.63, 3.8) is 0 Å². The van der Waals surface area contributed by atoms with Gasteiger partial charge in [-0.1, -0.05) is 0 Å². The molecule has 7 aromatic rings. The molecule has 6 heteroatoms. The maximum atomic E-state index is 10.0. The zero-order valence-electron chi connectivity index (χ0n) is 20.7. The van der Waals surface area contributed by atoms with Crippen LogP contribution in [0.25, 0.3) is 57.7 Å². The van der Waals surface area contributed by atoms with Crippen LogP contribution < -0.4 is 0 Å². The molecule has 0 saturated carbocycles. The number of benzene rings is 4. The van der Waals surface area contributed by atoms with Crippen LogP contribution in [0, 0.1) is 6.07 Å². The van der Waals surface area contributed by atoms with Crippen LogP contribution in [0.2, 0.25) is 0 Å². The van der Waals surface area contributed by atoms with E-state index in [1.807, 2.05) is 6.20 Å². The summed E-state index contributed by atoms with van der Waals surface area (Å²) in [6, 6.07) is 33.9. The van der Waals surface area contributed by atoms with Crippen LogP contribution in [0.5, 0.6) is 0 Å². The van der Waals surface area contributed by atoms with Gasteiger partial charge < -0.3 is 5.11 Å². The van der Waals surface area contributed by atoms with Gasteiger partial charge in [-0.3, -0.25) is 4.79 Å². The second kappa shape index (κ2) is 10.7. The zero-order valence-corrected chi connectivity index (χ0v) is 24.8. The second-order valence-corrected chi connectivity index (χ2v) is 11.2. The molecule has 0 fully saturated rings. The molecule has 0 aliphatic carbocycles. The zero-order chi connectivity index (χ0) is 25.5. The van der Waals surface area contributed by atoms with Gasteiger partial charge in [-0.15, -0.1) is 0 Å². The summed E-state index contributed by atoms with van der Waals surface area (Å²) < 4.78 is 5.26. The minimum atomic E-state index is -0.125. The Labute approximate surface area is 239 Å². The van der Waals surface area contributed by atoms with Crippen LogP contribution in [-0.2, 0) is 24.9 Å². The number of pyridine rings is 1. The third-order valence-corrected chi connectivity index (χ3v) is 8.69. The first kappa shape index (κ1) is 26.1. The van der Waals surface area contributed by atoms with E-state index in [0.29, 0.717) is 14.5 Å². The van der Waals surface area contributed by atoms with Gasteiger partial charge in [-0.05, 0) is 13.8 Å². The number of aliphatic hydroxyl groups is 1. The molecular weight excluding hydrogens is 716 g/mol. The summed E-state index contributed by atoms with van der Waals surface area (Å²) in [6.07, 6.45) is 3.13. The van der Waals surface area contributed by atoms with Crippen LogP contribution in [0.15, 0.2) is 103 Å². The molecule has 3 aromatic heterocycles. The van der Waals surface area contributed by atoms with Crippen molar-refractivity contribution in [1.82, 2.24) is 9.55 Å². The van der Waals surface area contributed by atoms with Gasteiger partial charge in [0.05, 0.1) is 5.76 Å². The number of carbonyl (C=O) groups is 1. The van der Waals surface area contributed by atoms with Crippen LogP contribution in [0.1, 0.15) is 13.8 Å². The molecule has 0 aliphatic heterocycles. The first-order valence-corrected chi connectivity index (χ1v) is 13.7. The number of rotatable bonds is 2. The Morgan fingerprint density at radius 2 is 1.66 bits per heavy atom. The number of aliphatic hydroxyl groups excluding tert-OH is 1. The van der Waals surface area contributed by atoms with E-state index in [4.69, 9.17) is 10.1 Å². The summed E-state index contributed by atoms with van der Waals surface area (Å²) in [5.74, 6) is -0.0625. The van der Waals surface area contributed by atoms with Crippen molar-refractivity contribution in [1.29, 1.82) is 0 Å². The Morgan fingerprint density at radius 1 is 0.921 bits per heavy atom. The van der Waals surface area contributed by atoms with Crippen LogP contribution >= 0.6 is 0 Å². The Bertz CT molecular complexity index is 1980. The molecule has 1 radical (unpaired) electrons. The molecular formula is C32H23IrN2O2Se-. The SMILES string of the molecule is CC(=O)/C=C(/C)O.[Ir].[c-]1cc2ccccc2c2c1c1nccc3[se]c4cccc(c4c31)n2-c1ccccc1. The monoisotopic (exact) mass is 740 g/mol. The average molecular weight is 739 g/mol. The summed E-state index contributed by atoms with van der Waals surface area (Å²) >= 11 is 0.301. The van der Waals surface area contributed by atoms with Gasteiger partial charge in [-0.25, -0.2) is 0 Å². The predicted molar refractivity (Wildman–Crippen MR) is 154 cm³/mol. The van der Waals surface area contributed by atoms with Crippen molar-refractivity contribution in [2.24, 2.45) is 0 Å². The molecule has 0 atom stereocenters. The maximum absolute atomic E-state index is 10.0. The Hall–Kier alpha value is -3.53. The van der Waals surface area contributed by atoms with Gasteiger partial charge in [0, 0.05) is 26.2 Å². The third kappa shape index (κ3) is 4.51. The topological polar surface area (TPSA) is 55.1 Å². The minimum absolute atomic E-state index is 0. The van der Waals surface area contributed by atoms with E-state index >= 15 is 0 Å². The molecule has 1 N–H and O–H groups in total. The van der Waals surface area contributed by atoms with Gasteiger partial charge in [0.15, 0.2) is 5.78 Å². The van der Waals surface area contributed by atoms with E-state index in [9.17, 15) is 4.79 Å². The molecule has 0 saturated heterocycles. The van der Waals surface area contributed by atoms with Crippen molar-refractivity contribution in [3.8, 4) is 5.69 Å². The van der Waals surface area contributed by atoms with Crippen molar-refractivity contribution >= 4 is 72.3 Å². The Morgan fingerprint density at radius 3 is 2.39 bits per heavy atom. The summed E-state index contributed by atoms with van der Waals surface area (Å²) in [7, 11) is 0. The summed E-state index contributed by atoms with van der Waals surface area (Å²) in [5.41, 5.74) is 4.61. The summed E-state index contributed by atoms with van der Waals surface area (Å²) in [5, 5.41) is 14.5. The predicted octanol–water partition coefficient (Wildman–Crippen LogP) is 7.53. The van der Waals surface area contributed by atoms with Crippen LogP contribution in [0.4, 0.5) is 0 Å². The second-order valence-electron chi connectivity index (χ2n) is 8.95. The number of hydrogen-bond donors (Lipinski definition) is 1. The molecule has 0 aliphatic rings. The number of aromatic nitrogens is 2. The standard InChI is InChI=1S/C27H15N2Se.C5H8O2.Ir/c1-2-8-18(9-3-1)29-21-11-6-12-22-24(21)25-23(30-22)15-16-28-26(25)20-14-13-17-7-4-5-10-19(17)27(20)29;1-4(6)3-5(2)7;/h1-13,15-16H;3,6H,1-2H3;/q-1;;/b;4-3-;. The van der Waals surface area contributed by atoms with Gasteiger partial charge >= 0.3 is 179 Å². The van der Waals surface area contributed by atoms with Crippen LogP contribution in [0.3, 0.4) is 0 Å². The number of carbonyl (C=O) groups excluding carboxylic acids is 1. The molecule has 0 amide bonds. The molecule has 0 spiro atoms. The summed E-state index contributed by atoms with van der Waals surface area (Å²) in [4.78, 5) is 14.9. The fourth-order valence-corrected chi connectivity index (χ4v) is 7.34. The van der Waals surface area contributed by atoms with Gasteiger partial charge in [-0.2, -0.15) is 0 Å². The quantitative estimate of drug-likeness (QED) is 0.0865. The molecule has 38 heavy (non-hydrogen) atoms. The number of nitrogens with zero attached hydrogens (tertiary/aromatic N) is 2. The van der Waals surface area contributed by atoms with E-state index in [1.165, 1.54) is 55.5 Å². The van der Waals surface area contributed by atoms with Gasteiger partial charge in [0.2, 0.25) is 0 Å². The van der Waals surface area contributed by atoms with Gasteiger partial charge in [0.25, 0.3) is 0 Å². The molecule has 0 unspecified atom stereocenters. The molecule has 7 rings (SSSR count). The third-order valence-electron chi connectivity index (χ3n) is 6.34. The fraction of sp³-hybridized carbons (Fsp3) is 0.0625. The van der Waals surface area contributed by atoms with Crippen molar-refractivity contribution < 1.29 is 30.0 Å². The Balaban J connectivity index is 0.000000329. The molecule has 4 nitrogen and oxygen atoms in total. The fourth-order valence-electron chi connectivity index (χ4n) is 4.99. The number of allylic oxidation sites excluding steroid dienone is 2. The van der Waals surface area contributed by atoms with Crippen molar-refractivity contribution in [3.05, 3.63) is 109 Å². The number of ketones is 1. The number of para-hydroxylation sites is 1. The van der Waals surface area contributed by atoms with Crippen molar-refractivity contribution in [2.45, 2.75) is 13.8 Å². The van der Waals surface area contributed by atoms with E-state index in [2.05, 4.69) is 95.6 Å². The van der Waals surface area contributed by atoms with E-state index < -0.39 is 0 Å².